The van der Waals surface area contributed by atoms with E-state index in [1.165, 1.54) is 24.1 Å². The van der Waals surface area contributed by atoms with Gasteiger partial charge in [0.25, 0.3) is 5.91 Å². The number of sulfonamides is 1. The van der Waals surface area contributed by atoms with E-state index in [1.807, 2.05) is 0 Å². The van der Waals surface area contributed by atoms with Gasteiger partial charge in [-0.15, -0.1) is 0 Å². The molecule has 25 heavy (non-hydrogen) atoms. The fourth-order valence-corrected chi connectivity index (χ4v) is 4.95. The molecule has 2 unspecified atom stereocenters. The van der Waals surface area contributed by atoms with E-state index in [1.54, 1.807) is 14.1 Å². The van der Waals surface area contributed by atoms with Gasteiger partial charge in [0.2, 0.25) is 10.0 Å². The molecule has 1 amide bonds. The van der Waals surface area contributed by atoms with E-state index in [0.29, 0.717) is 6.54 Å². The van der Waals surface area contributed by atoms with Crippen LogP contribution in [-0.2, 0) is 10.0 Å². The second-order valence-electron chi connectivity index (χ2n) is 6.34. The topological polar surface area (TPSA) is 102 Å². The first-order valence-electron chi connectivity index (χ1n) is 8.02. The van der Waals surface area contributed by atoms with Gasteiger partial charge >= 0.3 is 0 Å². The first-order valence-corrected chi connectivity index (χ1v) is 9.89. The van der Waals surface area contributed by atoms with Crippen LogP contribution in [0.2, 0.25) is 5.02 Å². The number of methoxy groups -OCH3 is 1. The highest BCUT2D eigenvalue weighted by atomic mass is 35.5. The van der Waals surface area contributed by atoms with Crippen LogP contribution in [0.3, 0.4) is 0 Å². The van der Waals surface area contributed by atoms with Gasteiger partial charge in [-0.1, -0.05) is 18.0 Å². The molecule has 0 aliphatic heterocycles. The first kappa shape index (κ1) is 20.0. The summed E-state index contributed by atoms with van der Waals surface area (Å²) in [6.07, 6.45) is 2.54. The van der Waals surface area contributed by atoms with Crippen LogP contribution in [-0.4, -0.2) is 53.0 Å². The third-order valence-electron chi connectivity index (χ3n) is 4.42. The minimum atomic E-state index is -3.92. The smallest absolute Gasteiger partial charge is 0.257 e. The molecule has 1 saturated carbocycles. The summed E-state index contributed by atoms with van der Waals surface area (Å²) >= 11 is 6.07. The summed E-state index contributed by atoms with van der Waals surface area (Å²) in [5.41, 5.74) is 5.83. The number of nitrogens with zero attached hydrogens (tertiary/aromatic N) is 1. The van der Waals surface area contributed by atoms with Crippen LogP contribution in [0.15, 0.2) is 17.0 Å². The zero-order valence-corrected chi connectivity index (χ0v) is 16.2. The number of hydrogen-bond acceptors (Lipinski definition) is 5. The first-order chi connectivity index (χ1) is 11.7. The van der Waals surface area contributed by atoms with Crippen LogP contribution in [0.5, 0.6) is 5.75 Å². The Bertz CT molecular complexity index is 752. The van der Waals surface area contributed by atoms with Crippen molar-refractivity contribution < 1.29 is 17.9 Å². The molecule has 2 atom stereocenters. The van der Waals surface area contributed by atoms with Gasteiger partial charge in [0.15, 0.2) is 5.75 Å². The summed E-state index contributed by atoms with van der Waals surface area (Å²) in [6.45, 7) is 0.421. The number of halogens is 1. The third-order valence-corrected chi connectivity index (χ3v) is 6.13. The molecule has 1 aliphatic carbocycles. The normalized spacial score (nSPS) is 20.5. The number of ether oxygens (including phenoxy) is 1. The molecule has 0 heterocycles. The van der Waals surface area contributed by atoms with Crippen molar-refractivity contribution >= 4 is 27.5 Å². The largest absolute Gasteiger partial charge is 0.494 e. The zero-order chi connectivity index (χ0) is 18.8. The van der Waals surface area contributed by atoms with Crippen LogP contribution in [0.4, 0.5) is 0 Å². The second kappa shape index (κ2) is 7.90. The molecule has 9 heteroatoms. The van der Waals surface area contributed by atoms with E-state index in [9.17, 15) is 13.2 Å². The lowest BCUT2D eigenvalue weighted by Gasteiger charge is -2.21. The van der Waals surface area contributed by atoms with Crippen LogP contribution >= 0.6 is 11.6 Å². The van der Waals surface area contributed by atoms with Crippen LogP contribution < -0.4 is 15.2 Å². The Morgan fingerprint density at radius 1 is 1.40 bits per heavy atom. The molecular weight excluding hydrogens is 366 g/mol. The minimum Gasteiger partial charge on any atom is -0.494 e. The number of amides is 1. The zero-order valence-electron chi connectivity index (χ0n) is 14.6. The lowest BCUT2D eigenvalue weighted by Crippen LogP contribution is -2.40. The number of benzene rings is 1. The fourth-order valence-electron chi connectivity index (χ4n) is 3.12. The molecule has 7 nitrogen and oxygen atoms in total. The van der Waals surface area contributed by atoms with Gasteiger partial charge < -0.3 is 15.4 Å². The van der Waals surface area contributed by atoms with Crippen LogP contribution in [0.1, 0.15) is 29.6 Å². The molecule has 0 aromatic heterocycles. The Kier molecular flexibility index (Phi) is 6.31. The molecule has 1 aliphatic rings. The average molecular weight is 390 g/mol. The lowest BCUT2D eigenvalue weighted by molar-refractivity contribution is 0.0824. The molecular formula is C16H24ClN3O4S. The Hall–Kier alpha value is -1.35. The van der Waals surface area contributed by atoms with Crippen molar-refractivity contribution in [3.05, 3.63) is 22.7 Å². The highest BCUT2D eigenvalue weighted by molar-refractivity contribution is 7.89. The van der Waals surface area contributed by atoms with E-state index in [-0.39, 0.29) is 33.2 Å². The van der Waals surface area contributed by atoms with Crippen LogP contribution in [0.25, 0.3) is 0 Å². The highest BCUT2D eigenvalue weighted by Gasteiger charge is 2.33. The summed E-state index contributed by atoms with van der Waals surface area (Å²) in [6, 6.07) is 2.47. The highest BCUT2D eigenvalue weighted by Crippen LogP contribution is 2.34. The number of rotatable bonds is 6. The van der Waals surface area contributed by atoms with Crippen molar-refractivity contribution in [2.24, 2.45) is 11.7 Å². The third kappa shape index (κ3) is 4.25. The Morgan fingerprint density at radius 3 is 2.64 bits per heavy atom. The molecule has 0 bridgehead atoms. The van der Waals surface area contributed by atoms with Crippen molar-refractivity contribution in [1.82, 2.24) is 9.62 Å². The molecule has 3 N–H and O–H groups in total. The molecule has 1 fully saturated rings. The van der Waals surface area contributed by atoms with Gasteiger partial charge in [-0.2, -0.15) is 0 Å². The molecule has 1 aromatic rings. The maximum absolute atomic E-state index is 12.9. The number of nitrogens with two attached hydrogens (primary N) is 1. The van der Waals surface area contributed by atoms with Crippen molar-refractivity contribution in [3.63, 3.8) is 0 Å². The van der Waals surface area contributed by atoms with Crippen molar-refractivity contribution in [3.8, 4) is 5.75 Å². The summed E-state index contributed by atoms with van der Waals surface area (Å²) in [4.78, 5) is 13.5. The van der Waals surface area contributed by atoms with E-state index in [0.717, 1.165) is 19.3 Å². The van der Waals surface area contributed by atoms with Crippen molar-refractivity contribution in [1.29, 1.82) is 0 Å². The van der Waals surface area contributed by atoms with Crippen LogP contribution in [0, 0.1) is 5.92 Å². The Morgan fingerprint density at radius 2 is 2.08 bits per heavy atom. The van der Waals surface area contributed by atoms with Gasteiger partial charge in [-0.3, -0.25) is 4.79 Å². The minimum absolute atomic E-state index is 0.0158. The molecule has 1 aromatic carbocycles. The number of carbonyl (C=O) groups is 1. The van der Waals surface area contributed by atoms with E-state index in [4.69, 9.17) is 22.1 Å². The molecule has 0 radical (unpaired) electrons. The van der Waals surface area contributed by atoms with E-state index < -0.39 is 15.9 Å². The Labute approximate surface area is 153 Å². The fraction of sp³-hybridized carbons (Fsp3) is 0.562. The summed E-state index contributed by atoms with van der Waals surface area (Å²) in [5.74, 6) is -0.308. The second-order valence-corrected chi connectivity index (χ2v) is 8.46. The van der Waals surface area contributed by atoms with E-state index in [2.05, 4.69) is 4.72 Å². The van der Waals surface area contributed by atoms with Crippen molar-refractivity contribution in [2.45, 2.75) is 30.2 Å². The van der Waals surface area contributed by atoms with Gasteiger partial charge in [0, 0.05) is 25.2 Å². The van der Waals surface area contributed by atoms with Gasteiger partial charge in [-0.05, 0) is 37.4 Å². The Balaban J connectivity index is 2.48. The molecule has 2 rings (SSSR count). The number of hydrogen-bond donors (Lipinski definition) is 2. The lowest BCUT2D eigenvalue weighted by atomic mass is 10.1. The van der Waals surface area contributed by atoms with E-state index >= 15 is 0 Å². The predicted octanol–water partition coefficient (Wildman–Crippen LogP) is 1.46. The average Bonchev–Trinajstić information content (AvgIpc) is 2.99. The molecule has 0 saturated heterocycles. The standard InChI is InChI=1S/C16H24ClN3O4S/c1-20(2)16(21)12-7-11(17)8-14(15(12)24-3)25(22,23)19-13-6-4-5-10(13)9-18/h7-8,10,13,19H,4-6,9,18H2,1-3H3. The molecule has 140 valence electrons. The summed E-state index contributed by atoms with van der Waals surface area (Å²) in [7, 11) is 0.545. The summed E-state index contributed by atoms with van der Waals surface area (Å²) < 4.78 is 33.8. The maximum Gasteiger partial charge on any atom is 0.257 e. The van der Waals surface area contributed by atoms with Crippen molar-refractivity contribution in [2.75, 3.05) is 27.7 Å². The molecule has 0 spiro atoms. The predicted molar refractivity (Wildman–Crippen MR) is 96.5 cm³/mol. The SMILES string of the molecule is COc1c(C(=O)N(C)C)cc(Cl)cc1S(=O)(=O)NC1CCCC1CN. The van der Waals surface area contributed by atoms with Gasteiger partial charge in [-0.25, -0.2) is 13.1 Å². The van der Waals surface area contributed by atoms with Gasteiger partial charge in [0.05, 0.1) is 12.7 Å². The number of nitrogens with one attached hydrogen (secondary N) is 1. The maximum atomic E-state index is 12.9. The quantitative estimate of drug-likeness (QED) is 0.766. The summed E-state index contributed by atoms with van der Waals surface area (Å²) in [5, 5.41) is 0.146. The van der Waals surface area contributed by atoms with Gasteiger partial charge in [0.1, 0.15) is 4.90 Å². The monoisotopic (exact) mass is 389 g/mol. The number of carbonyl (C=O) groups excluding carboxylic acids is 1.